The smallest absolute Gasteiger partial charge is 0.309 e. The zero-order valence-electron chi connectivity index (χ0n) is 15.4. The van der Waals surface area contributed by atoms with Gasteiger partial charge >= 0.3 is 11.8 Å². The molecule has 142 valence electrons. The van der Waals surface area contributed by atoms with Gasteiger partial charge in [0.2, 0.25) is 0 Å². The normalized spacial score (nSPS) is 14.6. The average molecular weight is 366 g/mol. The van der Waals surface area contributed by atoms with Crippen molar-refractivity contribution in [3.8, 4) is 0 Å². The Morgan fingerprint density at radius 1 is 0.963 bits per heavy atom. The number of nitrogens with one attached hydrogen (secondary N) is 2. The van der Waals surface area contributed by atoms with Crippen molar-refractivity contribution in [1.29, 1.82) is 0 Å². The van der Waals surface area contributed by atoms with Crippen LogP contribution in [0.25, 0.3) is 0 Å². The number of piperidine rings is 1. The van der Waals surface area contributed by atoms with Crippen LogP contribution in [0.3, 0.4) is 0 Å². The molecule has 2 heterocycles. The maximum absolute atomic E-state index is 12.0. The summed E-state index contributed by atoms with van der Waals surface area (Å²) in [4.78, 5) is 30.5. The van der Waals surface area contributed by atoms with Crippen molar-refractivity contribution in [2.45, 2.75) is 19.3 Å². The highest BCUT2D eigenvalue weighted by atomic mass is 16.2. The Labute approximate surface area is 160 Å². The fourth-order valence-electron chi connectivity index (χ4n) is 3.27. The highest BCUT2D eigenvalue weighted by Crippen LogP contribution is 2.20. The first kappa shape index (κ1) is 18.9. The molecule has 0 unspecified atom stereocenters. The van der Waals surface area contributed by atoms with E-state index < -0.39 is 11.8 Å². The summed E-state index contributed by atoms with van der Waals surface area (Å²) in [6, 6.07) is 15.8. The molecule has 1 fully saturated rings. The van der Waals surface area contributed by atoms with Gasteiger partial charge in [-0.05, 0) is 42.9 Å². The van der Waals surface area contributed by atoms with Crippen LogP contribution >= 0.6 is 0 Å². The molecule has 6 heteroatoms. The second-order valence-electron chi connectivity index (χ2n) is 6.82. The number of pyridine rings is 1. The van der Waals surface area contributed by atoms with Crippen LogP contribution in [-0.2, 0) is 16.0 Å². The molecule has 2 amide bonds. The van der Waals surface area contributed by atoms with Crippen molar-refractivity contribution in [3.63, 3.8) is 0 Å². The lowest BCUT2D eigenvalue weighted by atomic mass is 9.97. The van der Waals surface area contributed by atoms with E-state index >= 15 is 0 Å². The molecule has 1 aromatic heterocycles. The van der Waals surface area contributed by atoms with Crippen LogP contribution in [0.4, 0.5) is 5.82 Å². The van der Waals surface area contributed by atoms with E-state index in [1.165, 1.54) is 0 Å². The molecule has 1 aliphatic heterocycles. The zero-order valence-corrected chi connectivity index (χ0v) is 15.4. The fraction of sp³-hybridized carbons (Fsp3) is 0.381. The van der Waals surface area contributed by atoms with Gasteiger partial charge in [0.1, 0.15) is 5.82 Å². The largest absolute Gasteiger partial charge is 0.357 e. The minimum absolute atomic E-state index is 0.394. The van der Waals surface area contributed by atoms with Gasteiger partial charge in [-0.2, -0.15) is 0 Å². The Bertz CT molecular complexity index is 728. The van der Waals surface area contributed by atoms with E-state index in [1.54, 1.807) is 6.20 Å². The lowest BCUT2D eigenvalue weighted by molar-refractivity contribution is -0.139. The second kappa shape index (κ2) is 9.71. The Hall–Kier alpha value is -2.89. The Morgan fingerprint density at radius 3 is 2.37 bits per heavy atom. The van der Waals surface area contributed by atoms with Gasteiger partial charge in [-0.15, -0.1) is 0 Å². The molecular weight excluding hydrogens is 340 g/mol. The first-order valence-electron chi connectivity index (χ1n) is 9.48. The van der Waals surface area contributed by atoms with Gasteiger partial charge in [-0.1, -0.05) is 36.4 Å². The van der Waals surface area contributed by atoms with Gasteiger partial charge in [0.15, 0.2) is 0 Å². The Balaban J connectivity index is 1.32. The van der Waals surface area contributed by atoms with E-state index in [0.29, 0.717) is 25.4 Å². The molecule has 1 saturated heterocycles. The van der Waals surface area contributed by atoms with Crippen molar-refractivity contribution >= 4 is 17.6 Å². The molecule has 1 aromatic carbocycles. The third kappa shape index (κ3) is 5.81. The minimum Gasteiger partial charge on any atom is -0.357 e. The summed E-state index contributed by atoms with van der Waals surface area (Å²) in [7, 11) is 0. The van der Waals surface area contributed by atoms with Crippen molar-refractivity contribution in [2.75, 3.05) is 31.1 Å². The van der Waals surface area contributed by atoms with Crippen LogP contribution in [0.15, 0.2) is 54.7 Å². The first-order valence-corrected chi connectivity index (χ1v) is 9.48. The summed E-state index contributed by atoms with van der Waals surface area (Å²) >= 11 is 0. The predicted octanol–water partition coefficient (Wildman–Crippen LogP) is 1.77. The van der Waals surface area contributed by atoms with Gasteiger partial charge < -0.3 is 15.5 Å². The topological polar surface area (TPSA) is 74.3 Å². The van der Waals surface area contributed by atoms with Gasteiger partial charge in [-0.25, -0.2) is 4.98 Å². The molecule has 0 spiro atoms. The van der Waals surface area contributed by atoms with Crippen LogP contribution in [0.1, 0.15) is 18.4 Å². The lowest BCUT2D eigenvalue weighted by Gasteiger charge is -2.32. The number of aromatic nitrogens is 1. The highest BCUT2D eigenvalue weighted by molar-refractivity contribution is 6.35. The summed E-state index contributed by atoms with van der Waals surface area (Å²) in [5.74, 6) is 0.288. The number of benzene rings is 1. The number of hydrogen-bond donors (Lipinski definition) is 2. The number of carbonyl (C=O) groups excluding carboxylic acids is 2. The molecule has 6 nitrogen and oxygen atoms in total. The molecule has 3 rings (SSSR count). The predicted molar refractivity (Wildman–Crippen MR) is 105 cm³/mol. The number of amides is 2. The Morgan fingerprint density at radius 2 is 1.67 bits per heavy atom. The standard InChI is InChI=1S/C21H26N4O2/c26-20(23-13-9-17-6-2-1-3-7-17)21(27)24-16-18-10-14-25(15-11-18)19-8-4-5-12-22-19/h1-8,12,18H,9-11,13-16H2,(H,23,26)(H,24,27). The van der Waals surface area contributed by atoms with Gasteiger partial charge in [0.05, 0.1) is 0 Å². The molecule has 0 atom stereocenters. The molecule has 0 bridgehead atoms. The molecule has 0 radical (unpaired) electrons. The third-order valence-electron chi connectivity index (χ3n) is 4.89. The lowest BCUT2D eigenvalue weighted by Crippen LogP contribution is -2.44. The molecule has 1 aliphatic rings. The summed E-state index contributed by atoms with van der Waals surface area (Å²) in [6.45, 7) is 2.83. The average Bonchev–Trinajstić information content (AvgIpc) is 2.73. The van der Waals surface area contributed by atoms with E-state index in [-0.39, 0.29) is 0 Å². The molecule has 27 heavy (non-hydrogen) atoms. The van der Waals surface area contributed by atoms with Gasteiger partial charge in [0, 0.05) is 32.4 Å². The number of nitrogens with zero attached hydrogens (tertiary/aromatic N) is 2. The zero-order chi connectivity index (χ0) is 18.9. The van der Waals surface area contributed by atoms with Crippen LogP contribution in [-0.4, -0.2) is 43.0 Å². The van der Waals surface area contributed by atoms with E-state index in [1.807, 2.05) is 48.5 Å². The molecule has 0 aliphatic carbocycles. The van der Waals surface area contributed by atoms with Crippen LogP contribution < -0.4 is 15.5 Å². The molecule has 0 saturated carbocycles. The fourth-order valence-corrected chi connectivity index (χ4v) is 3.27. The maximum atomic E-state index is 12.0. The van der Waals surface area contributed by atoms with Crippen molar-refractivity contribution in [2.24, 2.45) is 5.92 Å². The van der Waals surface area contributed by atoms with Crippen molar-refractivity contribution in [1.82, 2.24) is 15.6 Å². The monoisotopic (exact) mass is 366 g/mol. The van der Waals surface area contributed by atoms with E-state index in [4.69, 9.17) is 0 Å². The number of carbonyl (C=O) groups is 2. The quantitative estimate of drug-likeness (QED) is 0.764. The molecule has 2 aromatic rings. The third-order valence-corrected chi connectivity index (χ3v) is 4.89. The van der Waals surface area contributed by atoms with Crippen molar-refractivity contribution in [3.05, 3.63) is 60.3 Å². The second-order valence-corrected chi connectivity index (χ2v) is 6.82. The summed E-state index contributed by atoms with van der Waals surface area (Å²) < 4.78 is 0. The van der Waals surface area contributed by atoms with Gasteiger partial charge in [-0.3, -0.25) is 9.59 Å². The summed E-state index contributed by atoms with van der Waals surface area (Å²) in [5, 5.41) is 5.45. The number of hydrogen-bond acceptors (Lipinski definition) is 4. The Kier molecular flexibility index (Phi) is 6.79. The van der Waals surface area contributed by atoms with E-state index in [0.717, 1.165) is 37.3 Å². The summed E-state index contributed by atoms with van der Waals surface area (Å²) in [5.41, 5.74) is 1.14. The van der Waals surface area contributed by atoms with Crippen LogP contribution in [0, 0.1) is 5.92 Å². The number of rotatable bonds is 6. The van der Waals surface area contributed by atoms with Crippen LogP contribution in [0.5, 0.6) is 0 Å². The highest BCUT2D eigenvalue weighted by Gasteiger charge is 2.21. The van der Waals surface area contributed by atoms with Gasteiger partial charge in [0.25, 0.3) is 0 Å². The maximum Gasteiger partial charge on any atom is 0.309 e. The molecule has 2 N–H and O–H groups in total. The SMILES string of the molecule is O=C(NCCc1ccccc1)C(=O)NCC1CCN(c2ccccn2)CC1. The van der Waals surface area contributed by atoms with Crippen molar-refractivity contribution < 1.29 is 9.59 Å². The van der Waals surface area contributed by atoms with E-state index in [9.17, 15) is 9.59 Å². The minimum atomic E-state index is -0.558. The molecular formula is C21H26N4O2. The summed E-state index contributed by atoms with van der Waals surface area (Å²) in [6.07, 6.45) is 4.48. The van der Waals surface area contributed by atoms with E-state index in [2.05, 4.69) is 20.5 Å². The number of anilines is 1. The first-order chi connectivity index (χ1) is 13.2. The van der Waals surface area contributed by atoms with Crippen LogP contribution in [0.2, 0.25) is 0 Å².